The number of carbonyl (C=O) groups excluding carboxylic acids is 1. The summed E-state index contributed by atoms with van der Waals surface area (Å²) in [5.74, 6) is -0.674. The summed E-state index contributed by atoms with van der Waals surface area (Å²) >= 11 is 0. The second-order valence-electron chi connectivity index (χ2n) is 5.21. The summed E-state index contributed by atoms with van der Waals surface area (Å²) in [6, 6.07) is 2.01. The molecule has 92 valence electrons. The highest BCUT2D eigenvalue weighted by Crippen LogP contribution is 2.14. The van der Waals surface area contributed by atoms with E-state index in [0.717, 1.165) is 6.54 Å². The van der Waals surface area contributed by atoms with Gasteiger partial charge in [-0.2, -0.15) is 5.26 Å². The van der Waals surface area contributed by atoms with Gasteiger partial charge in [0.1, 0.15) is 5.92 Å². The van der Waals surface area contributed by atoms with E-state index in [-0.39, 0.29) is 11.3 Å². The molecule has 0 aromatic carbocycles. The summed E-state index contributed by atoms with van der Waals surface area (Å²) < 4.78 is 0. The molecule has 0 fully saturated rings. The molecule has 0 heterocycles. The van der Waals surface area contributed by atoms with Crippen molar-refractivity contribution in [3.63, 3.8) is 0 Å². The Labute approximate surface area is 98.6 Å². The molecule has 1 atom stereocenters. The lowest BCUT2D eigenvalue weighted by atomic mass is 9.92. The normalized spacial score (nSPS) is 13.3. The molecule has 0 aliphatic rings. The molecule has 0 aliphatic carbocycles. The van der Waals surface area contributed by atoms with E-state index in [4.69, 9.17) is 5.26 Å². The molecule has 1 unspecified atom stereocenters. The fraction of sp³-hybridized carbons (Fsp3) is 0.833. The maximum Gasteiger partial charge on any atom is 0.237 e. The van der Waals surface area contributed by atoms with Gasteiger partial charge in [-0.1, -0.05) is 20.8 Å². The van der Waals surface area contributed by atoms with E-state index in [1.54, 1.807) is 0 Å². The zero-order valence-electron chi connectivity index (χ0n) is 11.0. The van der Waals surface area contributed by atoms with Crippen molar-refractivity contribution in [2.75, 3.05) is 27.2 Å². The number of nitrogens with one attached hydrogen (secondary N) is 1. The van der Waals surface area contributed by atoms with Crippen molar-refractivity contribution in [2.45, 2.75) is 27.2 Å². The first-order chi connectivity index (χ1) is 7.32. The fourth-order valence-electron chi connectivity index (χ4n) is 1.70. The predicted octanol–water partition coefficient (Wildman–Crippen LogP) is 1.24. The van der Waals surface area contributed by atoms with Crippen LogP contribution in [0.5, 0.6) is 0 Å². The summed E-state index contributed by atoms with van der Waals surface area (Å²) in [6.07, 6.45) is 0.566. The molecule has 16 heavy (non-hydrogen) atoms. The van der Waals surface area contributed by atoms with E-state index in [0.29, 0.717) is 13.0 Å². The van der Waals surface area contributed by atoms with Crippen LogP contribution in [0, 0.1) is 22.7 Å². The SMILES string of the molecule is CCC(C#N)C(=O)NCC(C)(C)CN(C)C. The Bertz CT molecular complexity index is 266. The van der Waals surface area contributed by atoms with Gasteiger partial charge < -0.3 is 10.2 Å². The smallest absolute Gasteiger partial charge is 0.237 e. The zero-order valence-corrected chi connectivity index (χ0v) is 11.0. The van der Waals surface area contributed by atoms with Crippen molar-refractivity contribution >= 4 is 5.91 Å². The molecule has 0 rings (SSSR count). The van der Waals surface area contributed by atoms with Gasteiger partial charge in [-0.3, -0.25) is 4.79 Å². The van der Waals surface area contributed by atoms with E-state index in [1.165, 1.54) is 0 Å². The number of amides is 1. The molecule has 1 amide bonds. The highest BCUT2D eigenvalue weighted by atomic mass is 16.1. The summed E-state index contributed by atoms with van der Waals surface area (Å²) in [5, 5.41) is 11.6. The largest absolute Gasteiger partial charge is 0.354 e. The highest BCUT2D eigenvalue weighted by Gasteiger charge is 2.22. The third-order valence-corrected chi connectivity index (χ3v) is 2.37. The van der Waals surface area contributed by atoms with Crippen molar-refractivity contribution in [3.05, 3.63) is 0 Å². The Kier molecular flexibility index (Phi) is 6.05. The summed E-state index contributed by atoms with van der Waals surface area (Å²) in [5.41, 5.74) is 0.0207. The Balaban J connectivity index is 4.14. The van der Waals surface area contributed by atoms with Crippen LogP contribution < -0.4 is 5.32 Å². The van der Waals surface area contributed by atoms with Gasteiger partial charge in [-0.15, -0.1) is 0 Å². The highest BCUT2D eigenvalue weighted by molar-refractivity contribution is 5.80. The first kappa shape index (κ1) is 14.9. The van der Waals surface area contributed by atoms with E-state index >= 15 is 0 Å². The molecular weight excluding hydrogens is 202 g/mol. The van der Waals surface area contributed by atoms with E-state index in [2.05, 4.69) is 24.1 Å². The molecule has 4 heteroatoms. The second kappa shape index (κ2) is 6.49. The Morgan fingerprint density at radius 2 is 2.06 bits per heavy atom. The molecule has 4 nitrogen and oxygen atoms in total. The van der Waals surface area contributed by atoms with Gasteiger partial charge >= 0.3 is 0 Å². The quantitative estimate of drug-likeness (QED) is 0.740. The van der Waals surface area contributed by atoms with Crippen molar-refractivity contribution in [1.29, 1.82) is 5.26 Å². The molecule has 1 N–H and O–H groups in total. The minimum absolute atomic E-state index is 0.0207. The van der Waals surface area contributed by atoms with E-state index < -0.39 is 5.92 Å². The topological polar surface area (TPSA) is 56.1 Å². The molecule has 0 aliphatic heterocycles. The number of hydrogen-bond acceptors (Lipinski definition) is 3. The number of nitriles is 1. The molecule has 0 aromatic heterocycles. The lowest BCUT2D eigenvalue weighted by Crippen LogP contribution is -2.41. The summed E-state index contributed by atoms with van der Waals surface area (Å²) in [4.78, 5) is 13.7. The van der Waals surface area contributed by atoms with Gasteiger partial charge in [0.15, 0.2) is 0 Å². The maximum absolute atomic E-state index is 11.6. The van der Waals surface area contributed by atoms with Crippen LogP contribution in [-0.4, -0.2) is 38.0 Å². The molecular formula is C12H23N3O. The minimum Gasteiger partial charge on any atom is -0.354 e. The Morgan fingerprint density at radius 1 is 1.50 bits per heavy atom. The van der Waals surface area contributed by atoms with Gasteiger partial charge in [0.25, 0.3) is 0 Å². The lowest BCUT2D eigenvalue weighted by molar-refractivity contribution is -0.123. The molecule has 0 bridgehead atoms. The molecule has 0 aromatic rings. The van der Waals surface area contributed by atoms with Crippen LogP contribution in [0.25, 0.3) is 0 Å². The van der Waals surface area contributed by atoms with Crippen LogP contribution in [0.15, 0.2) is 0 Å². The van der Waals surface area contributed by atoms with Gasteiger partial charge in [-0.05, 0) is 25.9 Å². The molecule has 0 saturated heterocycles. The van der Waals surface area contributed by atoms with Crippen molar-refractivity contribution in [2.24, 2.45) is 11.3 Å². The lowest BCUT2D eigenvalue weighted by Gasteiger charge is -2.28. The van der Waals surface area contributed by atoms with E-state index in [1.807, 2.05) is 27.1 Å². The Morgan fingerprint density at radius 3 is 2.44 bits per heavy atom. The number of nitrogens with zero attached hydrogens (tertiary/aromatic N) is 2. The fourth-order valence-corrected chi connectivity index (χ4v) is 1.70. The standard InChI is InChI=1S/C12H23N3O/c1-6-10(7-13)11(16)14-8-12(2,3)9-15(4)5/h10H,6,8-9H2,1-5H3,(H,14,16). The summed E-state index contributed by atoms with van der Waals surface area (Å²) in [6.45, 7) is 7.54. The summed E-state index contributed by atoms with van der Waals surface area (Å²) in [7, 11) is 4.02. The first-order valence-electron chi connectivity index (χ1n) is 5.64. The maximum atomic E-state index is 11.6. The average molecular weight is 225 g/mol. The van der Waals surface area contributed by atoms with Crippen LogP contribution in [0.2, 0.25) is 0 Å². The van der Waals surface area contributed by atoms with Crippen LogP contribution in [0.4, 0.5) is 0 Å². The first-order valence-corrected chi connectivity index (χ1v) is 5.64. The third kappa shape index (κ3) is 5.72. The van der Waals surface area contributed by atoms with Crippen molar-refractivity contribution < 1.29 is 4.79 Å². The third-order valence-electron chi connectivity index (χ3n) is 2.37. The zero-order chi connectivity index (χ0) is 12.8. The van der Waals surface area contributed by atoms with Gasteiger partial charge in [0.05, 0.1) is 6.07 Å². The Hall–Kier alpha value is -1.08. The molecule has 0 spiro atoms. The van der Waals surface area contributed by atoms with E-state index in [9.17, 15) is 4.79 Å². The number of rotatable bonds is 6. The number of hydrogen-bond donors (Lipinski definition) is 1. The van der Waals surface area contributed by atoms with Crippen LogP contribution in [0.1, 0.15) is 27.2 Å². The van der Waals surface area contributed by atoms with Gasteiger partial charge in [-0.25, -0.2) is 0 Å². The van der Waals surface area contributed by atoms with Gasteiger partial charge in [0, 0.05) is 13.1 Å². The molecule has 0 radical (unpaired) electrons. The average Bonchev–Trinajstić information content (AvgIpc) is 2.15. The van der Waals surface area contributed by atoms with Crippen LogP contribution in [-0.2, 0) is 4.79 Å². The second-order valence-corrected chi connectivity index (χ2v) is 5.21. The molecule has 0 saturated carbocycles. The predicted molar refractivity (Wildman–Crippen MR) is 64.7 cm³/mol. The minimum atomic E-state index is -0.518. The van der Waals surface area contributed by atoms with Crippen LogP contribution in [0.3, 0.4) is 0 Å². The van der Waals surface area contributed by atoms with Crippen molar-refractivity contribution in [3.8, 4) is 6.07 Å². The van der Waals surface area contributed by atoms with Crippen molar-refractivity contribution in [1.82, 2.24) is 10.2 Å². The van der Waals surface area contributed by atoms with Gasteiger partial charge in [0.2, 0.25) is 5.91 Å². The van der Waals surface area contributed by atoms with Crippen LogP contribution >= 0.6 is 0 Å². The number of carbonyl (C=O) groups is 1. The monoisotopic (exact) mass is 225 g/mol.